The van der Waals surface area contributed by atoms with Gasteiger partial charge in [0.15, 0.2) is 0 Å². The monoisotopic (exact) mass is 342 g/mol. The van der Waals surface area contributed by atoms with E-state index in [1.54, 1.807) is 0 Å². The van der Waals surface area contributed by atoms with Crippen LogP contribution in [0.4, 0.5) is 13.2 Å². The Labute approximate surface area is 133 Å². The van der Waals surface area contributed by atoms with E-state index in [2.05, 4.69) is 20.2 Å². The number of hydrogen-bond donors (Lipinski definition) is 1. The number of alkyl halides is 3. The normalized spacial score (nSPS) is 19.9. The summed E-state index contributed by atoms with van der Waals surface area (Å²) in [6.07, 6.45) is -3.06. The smallest absolute Gasteiger partial charge is 0.392 e. The molecule has 7 nitrogen and oxygen atoms in total. The molecule has 0 saturated heterocycles. The third-order valence-corrected chi connectivity index (χ3v) is 3.83. The highest BCUT2D eigenvalue weighted by molar-refractivity contribution is 5.64. The average molecular weight is 342 g/mol. The van der Waals surface area contributed by atoms with Gasteiger partial charge < -0.3 is 9.47 Å². The van der Waals surface area contributed by atoms with Gasteiger partial charge >= 0.3 is 12.2 Å². The van der Waals surface area contributed by atoms with Crippen molar-refractivity contribution in [1.29, 1.82) is 0 Å². The molecule has 0 radical (unpaired) electrons. The van der Waals surface area contributed by atoms with Crippen LogP contribution in [-0.4, -0.2) is 40.6 Å². The Morgan fingerprint density at radius 1 is 1.29 bits per heavy atom. The van der Waals surface area contributed by atoms with E-state index in [1.165, 1.54) is 26.5 Å². The lowest BCUT2D eigenvalue weighted by molar-refractivity contribution is -0.148. The number of rotatable bonds is 4. The van der Waals surface area contributed by atoms with E-state index in [0.29, 0.717) is 5.56 Å². The molecule has 0 aromatic carbocycles. The van der Waals surface area contributed by atoms with Gasteiger partial charge in [0.2, 0.25) is 5.88 Å². The van der Waals surface area contributed by atoms with Crippen LogP contribution in [0.15, 0.2) is 17.1 Å². The van der Waals surface area contributed by atoms with Crippen LogP contribution in [-0.2, 0) is 0 Å². The Bertz CT molecular complexity index is 822. The first kappa shape index (κ1) is 16.2. The summed E-state index contributed by atoms with van der Waals surface area (Å²) in [5.74, 6) is -2.22. The van der Waals surface area contributed by atoms with E-state index < -0.39 is 23.6 Å². The summed E-state index contributed by atoms with van der Waals surface area (Å²) in [7, 11) is 2.76. The highest BCUT2D eigenvalue weighted by Crippen LogP contribution is 2.55. The van der Waals surface area contributed by atoms with Gasteiger partial charge in [0.25, 0.3) is 5.56 Å². The lowest BCUT2D eigenvalue weighted by atomic mass is 10.1. The second-order valence-corrected chi connectivity index (χ2v) is 5.31. The van der Waals surface area contributed by atoms with Crippen molar-refractivity contribution in [3.05, 3.63) is 28.2 Å². The van der Waals surface area contributed by atoms with Crippen molar-refractivity contribution in [3.8, 4) is 23.1 Å². The molecule has 2 unspecified atom stereocenters. The Morgan fingerprint density at radius 3 is 2.62 bits per heavy atom. The molecule has 10 heteroatoms. The maximum absolute atomic E-state index is 12.8. The molecule has 2 atom stereocenters. The molecule has 128 valence electrons. The van der Waals surface area contributed by atoms with Crippen molar-refractivity contribution >= 4 is 0 Å². The van der Waals surface area contributed by atoms with E-state index in [-0.39, 0.29) is 29.6 Å². The summed E-state index contributed by atoms with van der Waals surface area (Å²) in [4.78, 5) is 19.8. The maximum atomic E-state index is 12.8. The molecule has 2 heterocycles. The molecule has 3 rings (SSSR count). The number of hydrogen-bond acceptors (Lipinski definition) is 6. The Morgan fingerprint density at radius 2 is 2.04 bits per heavy atom. The highest BCUT2D eigenvalue weighted by atomic mass is 19.4. The lowest BCUT2D eigenvalue weighted by Crippen LogP contribution is -2.17. The zero-order valence-electron chi connectivity index (χ0n) is 12.7. The predicted molar refractivity (Wildman–Crippen MR) is 75.9 cm³/mol. The van der Waals surface area contributed by atoms with Gasteiger partial charge in [-0.2, -0.15) is 23.3 Å². The van der Waals surface area contributed by atoms with Crippen molar-refractivity contribution in [3.63, 3.8) is 0 Å². The molecular weight excluding hydrogens is 329 g/mol. The highest BCUT2D eigenvalue weighted by Gasteiger charge is 2.57. The number of methoxy groups -OCH3 is 2. The molecule has 0 amide bonds. The minimum absolute atomic E-state index is 0.0418. The van der Waals surface area contributed by atoms with Crippen molar-refractivity contribution in [2.75, 3.05) is 14.2 Å². The molecule has 2 aromatic rings. The molecule has 0 bridgehead atoms. The van der Waals surface area contributed by atoms with Crippen LogP contribution >= 0.6 is 0 Å². The number of nitrogens with zero attached hydrogens (tertiary/aromatic N) is 3. The fraction of sp³-hybridized carbons (Fsp3) is 0.429. The van der Waals surface area contributed by atoms with Crippen LogP contribution in [0, 0.1) is 5.92 Å². The first-order valence-corrected chi connectivity index (χ1v) is 6.97. The summed E-state index contributed by atoms with van der Waals surface area (Å²) < 4.78 is 48.3. The van der Waals surface area contributed by atoms with Gasteiger partial charge in [-0.15, -0.1) is 0 Å². The SMILES string of the molecule is COc1ncc(-c2cc(C3CC3C(F)(F)F)c(=O)[nH]n2)c(OC)n1. The molecule has 1 fully saturated rings. The molecule has 1 N–H and O–H groups in total. The first-order chi connectivity index (χ1) is 11.3. The van der Waals surface area contributed by atoms with E-state index in [9.17, 15) is 18.0 Å². The van der Waals surface area contributed by atoms with Crippen molar-refractivity contribution in [1.82, 2.24) is 20.2 Å². The zero-order chi connectivity index (χ0) is 17.5. The third-order valence-electron chi connectivity index (χ3n) is 3.83. The van der Waals surface area contributed by atoms with Crippen molar-refractivity contribution in [2.24, 2.45) is 5.92 Å². The first-order valence-electron chi connectivity index (χ1n) is 6.97. The number of aromatic amines is 1. The van der Waals surface area contributed by atoms with Crippen LogP contribution in [0.2, 0.25) is 0 Å². The van der Waals surface area contributed by atoms with Gasteiger partial charge in [0, 0.05) is 17.7 Å². The van der Waals surface area contributed by atoms with E-state index in [4.69, 9.17) is 9.47 Å². The number of halogens is 3. The quantitative estimate of drug-likeness (QED) is 0.913. The summed E-state index contributed by atoms with van der Waals surface area (Å²) >= 11 is 0. The number of ether oxygens (including phenoxy) is 2. The van der Waals surface area contributed by atoms with Gasteiger partial charge in [-0.25, -0.2) is 10.1 Å². The van der Waals surface area contributed by atoms with Gasteiger partial charge in [-0.1, -0.05) is 0 Å². The summed E-state index contributed by atoms with van der Waals surface area (Å²) in [6.45, 7) is 0. The largest absolute Gasteiger partial charge is 0.480 e. The van der Waals surface area contributed by atoms with Crippen LogP contribution in [0.1, 0.15) is 17.9 Å². The average Bonchev–Trinajstić information content (AvgIpc) is 3.35. The van der Waals surface area contributed by atoms with Crippen LogP contribution < -0.4 is 15.0 Å². The lowest BCUT2D eigenvalue weighted by Gasteiger charge is -2.09. The van der Waals surface area contributed by atoms with E-state index in [1.807, 2.05) is 0 Å². The molecule has 1 aliphatic carbocycles. The molecule has 24 heavy (non-hydrogen) atoms. The molecular formula is C14H13F3N4O3. The van der Waals surface area contributed by atoms with Gasteiger partial charge in [-0.05, 0) is 12.5 Å². The zero-order valence-corrected chi connectivity index (χ0v) is 12.7. The summed E-state index contributed by atoms with van der Waals surface area (Å²) in [5.41, 5.74) is -0.0407. The van der Waals surface area contributed by atoms with Gasteiger partial charge in [-0.3, -0.25) is 4.79 Å². The third kappa shape index (κ3) is 2.91. The van der Waals surface area contributed by atoms with Crippen molar-refractivity contribution in [2.45, 2.75) is 18.5 Å². The molecule has 2 aromatic heterocycles. The summed E-state index contributed by atoms with van der Waals surface area (Å²) in [5, 5.41) is 6.08. The number of nitrogens with one attached hydrogen (secondary N) is 1. The second-order valence-electron chi connectivity index (χ2n) is 5.31. The molecule has 0 aliphatic heterocycles. The molecule has 1 saturated carbocycles. The Balaban J connectivity index is 2.00. The minimum atomic E-state index is -4.32. The Kier molecular flexibility index (Phi) is 3.90. The minimum Gasteiger partial charge on any atom is -0.480 e. The fourth-order valence-electron chi connectivity index (χ4n) is 2.52. The topological polar surface area (TPSA) is 90.0 Å². The molecule has 1 aliphatic rings. The van der Waals surface area contributed by atoms with E-state index >= 15 is 0 Å². The van der Waals surface area contributed by atoms with Gasteiger partial charge in [0.1, 0.15) is 0 Å². The number of H-pyrrole nitrogens is 1. The Hall–Kier alpha value is -2.65. The summed E-state index contributed by atoms with van der Waals surface area (Å²) in [6, 6.07) is 1.39. The van der Waals surface area contributed by atoms with Crippen LogP contribution in [0.5, 0.6) is 11.9 Å². The van der Waals surface area contributed by atoms with Crippen LogP contribution in [0.3, 0.4) is 0 Å². The maximum Gasteiger partial charge on any atom is 0.392 e. The van der Waals surface area contributed by atoms with Gasteiger partial charge in [0.05, 0.1) is 31.4 Å². The standard InChI is InChI=1S/C14H13F3N4O3/c1-23-12-8(5-18-13(19-12)24-2)10-4-7(11(22)21-20-10)6-3-9(6)14(15,16)17/h4-6,9H,3H2,1-2H3,(H,21,22). The van der Waals surface area contributed by atoms with Crippen molar-refractivity contribution < 1.29 is 22.6 Å². The van der Waals surface area contributed by atoms with E-state index in [0.717, 1.165) is 0 Å². The number of aromatic nitrogens is 4. The second kappa shape index (κ2) is 5.77. The molecule has 0 spiro atoms. The predicted octanol–water partition coefficient (Wildman–Crippen LogP) is 1.91. The fourth-order valence-corrected chi connectivity index (χ4v) is 2.52. The van der Waals surface area contributed by atoms with Crippen LogP contribution in [0.25, 0.3) is 11.3 Å².